The SMILES string of the molecule is CCNC(Cc1ccc(Cl)c(F)c1)C(C)c1ccccc1. The molecule has 21 heavy (non-hydrogen) atoms. The van der Waals surface area contributed by atoms with Crippen molar-refractivity contribution < 1.29 is 4.39 Å². The van der Waals surface area contributed by atoms with Gasteiger partial charge in [-0.2, -0.15) is 0 Å². The fraction of sp³-hybridized carbons (Fsp3) is 0.333. The molecular weight excluding hydrogens is 285 g/mol. The predicted molar refractivity (Wildman–Crippen MR) is 87.4 cm³/mol. The van der Waals surface area contributed by atoms with Crippen LogP contribution >= 0.6 is 11.6 Å². The summed E-state index contributed by atoms with van der Waals surface area (Å²) in [6.07, 6.45) is 0.776. The second-order valence-corrected chi connectivity index (χ2v) is 5.72. The maximum absolute atomic E-state index is 13.6. The number of halogens is 2. The van der Waals surface area contributed by atoms with Crippen LogP contribution < -0.4 is 5.32 Å². The summed E-state index contributed by atoms with van der Waals surface area (Å²) in [4.78, 5) is 0. The van der Waals surface area contributed by atoms with E-state index in [-0.39, 0.29) is 16.9 Å². The molecule has 2 aromatic rings. The zero-order valence-electron chi connectivity index (χ0n) is 12.4. The van der Waals surface area contributed by atoms with Gasteiger partial charge in [-0.25, -0.2) is 4.39 Å². The van der Waals surface area contributed by atoms with Crippen LogP contribution in [0.2, 0.25) is 5.02 Å². The van der Waals surface area contributed by atoms with Gasteiger partial charge < -0.3 is 5.32 Å². The molecule has 2 atom stereocenters. The highest BCUT2D eigenvalue weighted by atomic mass is 35.5. The Bertz CT molecular complexity index is 571. The van der Waals surface area contributed by atoms with Gasteiger partial charge in [0, 0.05) is 6.04 Å². The Hall–Kier alpha value is -1.38. The second kappa shape index (κ2) is 7.58. The maximum Gasteiger partial charge on any atom is 0.142 e. The first-order valence-corrected chi connectivity index (χ1v) is 7.72. The first kappa shape index (κ1) is 16.0. The Kier molecular flexibility index (Phi) is 5.77. The van der Waals surface area contributed by atoms with Gasteiger partial charge in [-0.15, -0.1) is 0 Å². The minimum Gasteiger partial charge on any atom is -0.313 e. The number of hydrogen-bond acceptors (Lipinski definition) is 1. The Morgan fingerprint density at radius 1 is 1.14 bits per heavy atom. The Labute approximate surface area is 131 Å². The van der Waals surface area contributed by atoms with Crippen molar-refractivity contribution in [3.05, 3.63) is 70.5 Å². The van der Waals surface area contributed by atoms with Gasteiger partial charge in [0.15, 0.2) is 0 Å². The Morgan fingerprint density at radius 3 is 2.48 bits per heavy atom. The van der Waals surface area contributed by atoms with E-state index in [4.69, 9.17) is 11.6 Å². The van der Waals surface area contributed by atoms with Crippen LogP contribution in [0.3, 0.4) is 0 Å². The number of rotatable bonds is 6. The number of benzene rings is 2. The quantitative estimate of drug-likeness (QED) is 0.808. The minimum absolute atomic E-state index is 0.176. The molecule has 0 saturated heterocycles. The molecule has 0 heterocycles. The largest absolute Gasteiger partial charge is 0.313 e. The van der Waals surface area contributed by atoms with E-state index in [0.717, 1.165) is 18.5 Å². The van der Waals surface area contributed by atoms with E-state index in [1.54, 1.807) is 6.07 Å². The van der Waals surface area contributed by atoms with E-state index in [1.165, 1.54) is 11.6 Å². The number of nitrogens with one attached hydrogen (secondary N) is 1. The lowest BCUT2D eigenvalue weighted by Gasteiger charge is -2.25. The normalized spacial score (nSPS) is 13.9. The summed E-state index contributed by atoms with van der Waals surface area (Å²) in [5, 5.41) is 3.68. The smallest absolute Gasteiger partial charge is 0.142 e. The van der Waals surface area contributed by atoms with Gasteiger partial charge in [0.1, 0.15) is 5.82 Å². The highest BCUT2D eigenvalue weighted by Gasteiger charge is 2.18. The molecule has 0 aliphatic rings. The molecule has 1 nitrogen and oxygen atoms in total. The Morgan fingerprint density at radius 2 is 1.86 bits per heavy atom. The van der Waals surface area contributed by atoms with Gasteiger partial charge in [0.05, 0.1) is 5.02 Å². The van der Waals surface area contributed by atoms with Crippen molar-refractivity contribution >= 4 is 11.6 Å². The van der Waals surface area contributed by atoms with Crippen molar-refractivity contribution in [1.82, 2.24) is 5.32 Å². The molecule has 0 aromatic heterocycles. The van der Waals surface area contributed by atoms with Crippen LogP contribution in [0.5, 0.6) is 0 Å². The highest BCUT2D eigenvalue weighted by Crippen LogP contribution is 2.23. The minimum atomic E-state index is -0.350. The summed E-state index contributed by atoms with van der Waals surface area (Å²) >= 11 is 5.75. The number of hydrogen-bond donors (Lipinski definition) is 1. The maximum atomic E-state index is 13.6. The zero-order chi connectivity index (χ0) is 15.2. The number of likely N-dealkylation sites (N-methyl/N-ethyl adjacent to an activating group) is 1. The zero-order valence-corrected chi connectivity index (χ0v) is 13.2. The molecule has 2 rings (SSSR count). The molecule has 2 aromatic carbocycles. The fourth-order valence-electron chi connectivity index (χ4n) is 2.60. The van der Waals surface area contributed by atoms with Crippen molar-refractivity contribution in [2.24, 2.45) is 0 Å². The second-order valence-electron chi connectivity index (χ2n) is 5.32. The van der Waals surface area contributed by atoms with Crippen LogP contribution in [0, 0.1) is 5.82 Å². The van der Waals surface area contributed by atoms with Gasteiger partial charge in [0.25, 0.3) is 0 Å². The molecule has 0 amide bonds. The molecule has 0 aliphatic heterocycles. The third-order valence-electron chi connectivity index (χ3n) is 3.83. The van der Waals surface area contributed by atoms with E-state index >= 15 is 0 Å². The van der Waals surface area contributed by atoms with E-state index < -0.39 is 0 Å². The molecule has 0 radical (unpaired) electrons. The highest BCUT2D eigenvalue weighted by molar-refractivity contribution is 6.30. The molecule has 0 spiro atoms. The summed E-state index contributed by atoms with van der Waals surface area (Å²) in [6, 6.07) is 15.7. The molecular formula is C18H21ClFN. The average Bonchev–Trinajstić information content (AvgIpc) is 2.50. The van der Waals surface area contributed by atoms with Gasteiger partial charge in [0.2, 0.25) is 0 Å². The topological polar surface area (TPSA) is 12.0 Å². The van der Waals surface area contributed by atoms with Crippen LogP contribution in [0.25, 0.3) is 0 Å². The molecule has 112 valence electrons. The lowest BCUT2D eigenvalue weighted by atomic mass is 9.89. The van der Waals surface area contributed by atoms with Crippen LogP contribution in [0.15, 0.2) is 48.5 Å². The molecule has 3 heteroatoms. The van der Waals surface area contributed by atoms with Crippen molar-refractivity contribution in [1.29, 1.82) is 0 Å². The van der Waals surface area contributed by atoms with E-state index in [9.17, 15) is 4.39 Å². The van der Waals surface area contributed by atoms with E-state index in [1.807, 2.05) is 12.1 Å². The van der Waals surface area contributed by atoms with Crippen molar-refractivity contribution in [3.63, 3.8) is 0 Å². The van der Waals surface area contributed by atoms with Crippen molar-refractivity contribution in [3.8, 4) is 0 Å². The van der Waals surface area contributed by atoms with Crippen molar-refractivity contribution in [2.45, 2.75) is 32.2 Å². The summed E-state index contributed by atoms with van der Waals surface area (Å²) < 4.78 is 13.6. The molecule has 0 fully saturated rings. The van der Waals surface area contributed by atoms with Gasteiger partial charge in [-0.05, 0) is 42.1 Å². The first-order chi connectivity index (χ1) is 10.1. The van der Waals surface area contributed by atoms with Crippen LogP contribution in [-0.4, -0.2) is 12.6 Å². The lowest BCUT2D eigenvalue weighted by molar-refractivity contribution is 0.457. The van der Waals surface area contributed by atoms with Crippen LogP contribution in [-0.2, 0) is 6.42 Å². The molecule has 0 aliphatic carbocycles. The van der Waals surface area contributed by atoms with Crippen LogP contribution in [0.1, 0.15) is 30.9 Å². The third-order valence-corrected chi connectivity index (χ3v) is 4.14. The summed E-state index contributed by atoms with van der Waals surface area (Å²) in [5.74, 6) is 0.00154. The molecule has 0 bridgehead atoms. The first-order valence-electron chi connectivity index (χ1n) is 7.34. The Balaban J connectivity index is 2.16. The standard InChI is InChI=1S/C18H21ClFN/c1-3-21-18(13(2)15-7-5-4-6-8-15)12-14-9-10-16(19)17(20)11-14/h4-11,13,18,21H,3,12H2,1-2H3. The molecule has 0 saturated carbocycles. The third kappa shape index (κ3) is 4.29. The van der Waals surface area contributed by atoms with Gasteiger partial charge >= 0.3 is 0 Å². The average molecular weight is 306 g/mol. The van der Waals surface area contributed by atoms with E-state index in [0.29, 0.717) is 5.92 Å². The van der Waals surface area contributed by atoms with Gasteiger partial charge in [-0.1, -0.05) is 61.8 Å². The summed E-state index contributed by atoms with van der Waals surface area (Å²) in [5.41, 5.74) is 2.25. The summed E-state index contributed by atoms with van der Waals surface area (Å²) in [7, 11) is 0. The fourth-order valence-corrected chi connectivity index (χ4v) is 2.71. The summed E-state index contributed by atoms with van der Waals surface area (Å²) in [6.45, 7) is 5.18. The van der Waals surface area contributed by atoms with Crippen molar-refractivity contribution in [2.75, 3.05) is 6.54 Å². The van der Waals surface area contributed by atoms with Crippen LogP contribution in [0.4, 0.5) is 4.39 Å². The lowest BCUT2D eigenvalue weighted by Crippen LogP contribution is -2.35. The van der Waals surface area contributed by atoms with E-state index in [2.05, 4.69) is 43.4 Å². The predicted octanol–water partition coefficient (Wildman–Crippen LogP) is 4.80. The molecule has 2 unspecified atom stereocenters. The molecule has 1 N–H and O–H groups in total. The monoisotopic (exact) mass is 305 g/mol. The van der Waals surface area contributed by atoms with Gasteiger partial charge in [-0.3, -0.25) is 0 Å².